The van der Waals surface area contributed by atoms with E-state index in [1.807, 2.05) is 6.92 Å². The average molecular weight is 352 g/mol. The molecule has 0 heterocycles. The molecule has 0 radical (unpaired) electrons. The summed E-state index contributed by atoms with van der Waals surface area (Å²) in [6, 6.07) is 9.99. The Balaban J connectivity index is 2.01. The van der Waals surface area contributed by atoms with Crippen LogP contribution in [0.4, 0.5) is 11.4 Å². The molecular formula is C16H15Cl2N3O2. The Morgan fingerprint density at radius 3 is 2.57 bits per heavy atom. The number of primary amides is 1. The van der Waals surface area contributed by atoms with Crippen LogP contribution in [0, 0.1) is 6.92 Å². The second-order valence-corrected chi connectivity index (χ2v) is 5.69. The third-order valence-electron chi connectivity index (χ3n) is 3.23. The van der Waals surface area contributed by atoms with Gasteiger partial charge in [-0.15, -0.1) is 0 Å². The Labute approximate surface area is 143 Å². The standard InChI is InChI=1S/C16H15Cl2N3O2/c1-9-12(17)3-2-4-14(9)21-15(22)8-20-10-5-6-13(18)11(7-10)16(19)23/h2-7,20H,8H2,1H3,(H2,19,23)(H,21,22). The summed E-state index contributed by atoms with van der Waals surface area (Å²) in [5.74, 6) is -0.872. The van der Waals surface area contributed by atoms with Crippen molar-refractivity contribution in [2.24, 2.45) is 5.73 Å². The van der Waals surface area contributed by atoms with E-state index in [0.717, 1.165) is 5.56 Å². The zero-order valence-electron chi connectivity index (χ0n) is 12.3. The van der Waals surface area contributed by atoms with Crippen molar-refractivity contribution in [1.29, 1.82) is 0 Å². The second kappa shape index (κ2) is 7.35. The van der Waals surface area contributed by atoms with Crippen molar-refractivity contribution >= 4 is 46.4 Å². The number of nitrogens with one attached hydrogen (secondary N) is 2. The van der Waals surface area contributed by atoms with Gasteiger partial charge in [-0.25, -0.2) is 0 Å². The molecule has 0 unspecified atom stereocenters. The van der Waals surface area contributed by atoms with E-state index in [1.54, 1.807) is 30.3 Å². The van der Waals surface area contributed by atoms with Crippen LogP contribution in [0.5, 0.6) is 0 Å². The first-order valence-corrected chi connectivity index (χ1v) is 7.52. The van der Waals surface area contributed by atoms with E-state index >= 15 is 0 Å². The maximum Gasteiger partial charge on any atom is 0.250 e. The Morgan fingerprint density at radius 2 is 1.87 bits per heavy atom. The molecule has 4 N–H and O–H groups in total. The maximum absolute atomic E-state index is 12.0. The molecule has 0 aromatic heterocycles. The molecule has 2 aromatic rings. The molecule has 2 amide bonds. The van der Waals surface area contributed by atoms with Crippen LogP contribution < -0.4 is 16.4 Å². The summed E-state index contributed by atoms with van der Waals surface area (Å²) >= 11 is 11.9. The normalized spacial score (nSPS) is 10.2. The lowest BCUT2D eigenvalue weighted by Gasteiger charge is -2.11. The first-order chi connectivity index (χ1) is 10.9. The highest BCUT2D eigenvalue weighted by Gasteiger charge is 2.09. The maximum atomic E-state index is 12.0. The van der Waals surface area contributed by atoms with E-state index in [-0.39, 0.29) is 23.0 Å². The van der Waals surface area contributed by atoms with E-state index < -0.39 is 5.91 Å². The first-order valence-electron chi connectivity index (χ1n) is 6.76. The Morgan fingerprint density at radius 1 is 1.13 bits per heavy atom. The fourth-order valence-electron chi connectivity index (χ4n) is 1.94. The van der Waals surface area contributed by atoms with Crippen LogP contribution in [-0.4, -0.2) is 18.4 Å². The summed E-state index contributed by atoms with van der Waals surface area (Å²) in [6.45, 7) is 1.84. The molecule has 0 aliphatic carbocycles. The van der Waals surface area contributed by atoms with E-state index in [1.165, 1.54) is 6.07 Å². The number of amides is 2. The molecule has 0 saturated heterocycles. The lowest BCUT2D eigenvalue weighted by atomic mass is 10.2. The highest BCUT2D eigenvalue weighted by Crippen LogP contribution is 2.23. The number of benzene rings is 2. The van der Waals surface area contributed by atoms with Crippen molar-refractivity contribution < 1.29 is 9.59 Å². The highest BCUT2D eigenvalue weighted by atomic mass is 35.5. The van der Waals surface area contributed by atoms with E-state index in [2.05, 4.69) is 10.6 Å². The largest absolute Gasteiger partial charge is 0.376 e. The molecule has 2 aromatic carbocycles. The van der Waals surface area contributed by atoms with Crippen LogP contribution >= 0.6 is 23.2 Å². The summed E-state index contributed by atoms with van der Waals surface area (Å²) in [5.41, 5.74) is 7.44. The number of anilines is 2. The van der Waals surface area contributed by atoms with Crippen molar-refractivity contribution in [3.8, 4) is 0 Å². The minimum atomic E-state index is -0.627. The molecule has 0 fully saturated rings. The zero-order valence-corrected chi connectivity index (χ0v) is 13.8. The third-order valence-corrected chi connectivity index (χ3v) is 3.97. The molecular weight excluding hydrogens is 337 g/mol. The number of carbonyl (C=O) groups is 2. The fraction of sp³-hybridized carbons (Fsp3) is 0.125. The Hall–Kier alpha value is -2.24. The van der Waals surface area contributed by atoms with Crippen LogP contribution in [0.25, 0.3) is 0 Å². The van der Waals surface area contributed by atoms with Gasteiger partial charge < -0.3 is 16.4 Å². The monoisotopic (exact) mass is 351 g/mol. The van der Waals surface area contributed by atoms with Gasteiger partial charge in [-0.1, -0.05) is 29.3 Å². The Bertz CT molecular complexity index is 763. The number of carbonyl (C=O) groups excluding carboxylic acids is 2. The van der Waals surface area contributed by atoms with E-state index in [0.29, 0.717) is 16.4 Å². The lowest BCUT2D eigenvalue weighted by molar-refractivity contribution is -0.114. The molecule has 5 nitrogen and oxygen atoms in total. The average Bonchev–Trinajstić information content (AvgIpc) is 2.51. The van der Waals surface area contributed by atoms with Gasteiger partial charge in [0.15, 0.2) is 0 Å². The summed E-state index contributed by atoms with van der Waals surface area (Å²) in [7, 11) is 0. The van der Waals surface area contributed by atoms with Crippen molar-refractivity contribution in [1.82, 2.24) is 0 Å². The van der Waals surface area contributed by atoms with Gasteiger partial charge in [-0.3, -0.25) is 9.59 Å². The molecule has 0 aliphatic rings. The number of hydrogen-bond acceptors (Lipinski definition) is 3. The van der Waals surface area contributed by atoms with Gasteiger partial charge in [-0.2, -0.15) is 0 Å². The minimum absolute atomic E-state index is 0.0196. The molecule has 23 heavy (non-hydrogen) atoms. The quantitative estimate of drug-likeness (QED) is 0.771. The summed E-state index contributed by atoms with van der Waals surface area (Å²) in [5, 5.41) is 6.52. The first kappa shape index (κ1) is 17.1. The number of rotatable bonds is 5. The van der Waals surface area contributed by atoms with Crippen molar-refractivity contribution in [3.05, 3.63) is 57.6 Å². The molecule has 2 rings (SSSR count). The van der Waals surface area contributed by atoms with Crippen molar-refractivity contribution in [2.75, 3.05) is 17.2 Å². The lowest BCUT2D eigenvalue weighted by Crippen LogP contribution is -2.22. The van der Waals surface area contributed by atoms with Crippen LogP contribution in [0.15, 0.2) is 36.4 Å². The molecule has 0 spiro atoms. The van der Waals surface area contributed by atoms with Gasteiger partial charge in [0.1, 0.15) is 0 Å². The van der Waals surface area contributed by atoms with Crippen LogP contribution in [0.1, 0.15) is 15.9 Å². The molecule has 120 valence electrons. The molecule has 0 bridgehead atoms. The topological polar surface area (TPSA) is 84.2 Å². The van der Waals surface area contributed by atoms with Gasteiger partial charge in [0.25, 0.3) is 0 Å². The third kappa shape index (κ3) is 4.37. The second-order valence-electron chi connectivity index (χ2n) is 4.87. The number of hydrogen-bond donors (Lipinski definition) is 3. The van der Waals surface area contributed by atoms with Gasteiger partial charge in [0, 0.05) is 16.4 Å². The van der Waals surface area contributed by atoms with Crippen LogP contribution in [-0.2, 0) is 4.79 Å². The Kier molecular flexibility index (Phi) is 5.47. The van der Waals surface area contributed by atoms with Gasteiger partial charge in [-0.05, 0) is 42.8 Å². The SMILES string of the molecule is Cc1c(Cl)cccc1NC(=O)CNc1ccc(Cl)c(C(N)=O)c1. The molecule has 7 heteroatoms. The number of halogens is 2. The van der Waals surface area contributed by atoms with Gasteiger partial charge in [0.2, 0.25) is 11.8 Å². The van der Waals surface area contributed by atoms with Crippen molar-refractivity contribution in [3.63, 3.8) is 0 Å². The predicted octanol–water partition coefficient (Wildman–Crippen LogP) is 3.45. The van der Waals surface area contributed by atoms with Crippen molar-refractivity contribution in [2.45, 2.75) is 6.92 Å². The molecule has 0 aliphatic heterocycles. The van der Waals surface area contributed by atoms with Gasteiger partial charge in [0.05, 0.1) is 17.1 Å². The zero-order chi connectivity index (χ0) is 17.0. The van der Waals surface area contributed by atoms with Crippen LogP contribution in [0.2, 0.25) is 10.0 Å². The predicted molar refractivity (Wildman–Crippen MR) is 93.3 cm³/mol. The van der Waals surface area contributed by atoms with Crippen LogP contribution in [0.3, 0.4) is 0 Å². The summed E-state index contributed by atoms with van der Waals surface area (Å²) in [4.78, 5) is 23.2. The van der Waals surface area contributed by atoms with E-state index in [4.69, 9.17) is 28.9 Å². The van der Waals surface area contributed by atoms with E-state index in [9.17, 15) is 9.59 Å². The fourth-order valence-corrected chi connectivity index (χ4v) is 2.33. The highest BCUT2D eigenvalue weighted by molar-refractivity contribution is 6.34. The summed E-state index contributed by atoms with van der Waals surface area (Å²) in [6.07, 6.45) is 0. The summed E-state index contributed by atoms with van der Waals surface area (Å²) < 4.78 is 0. The smallest absolute Gasteiger partial charge is 0.250 e. The van der Waals surface area contributed by atoms with Gasteiger partial charge >= 0.3 is 0 Å². The molecule has 0 saturated carbocycles. The number of nitrogens with two attached hydrogens (primary N) is 1. The molecule has 0 atom stereocenters. The minimum Gasteiger partial charge on any atom is -0.376 e.